The molecule has 2 aliphatic rings. The molecule has 2 rings (SSSR count). The monoisotopic (exact) mass is 252 g/mol. The van der Waals surface area contributed by atoms with Gasteiger partial charge in [-0.25, -0.2) is 0 Å². The smallest absolute Gasteiger partial charge is 0.0331 e. The maximum absolute atomic E-state index is 6.22. The number of nitrogens with zero attached hydrogens (tertiary/aromatic N) is 1. The molecule has 2 heteroatoms. The SMILES string of the molecule is CC1CCCC(CN)(N2CCC(C)C(C)C2)CC1. The lowest BCUT2D eigenvalue weighted by Gasteiger charge is -2.48. The quantitative estimate of drug-likeness (QED) is 0.764. The van der Waals surface area contributed by atoms with Gasteiger partial charge in [-0.15, -0.1) is 0 Å². The van der Waals surface area contributed by atoms with Gasteiger partial charge in [0.1, 0.15) is 0 Å². The minimum Gasteiger partial charge on any atom is -0.329 e. The zero-order valence-corrected chi connectivity index (χ0v) is 12.6. The van der Waals surface area contributed by atoms with Crippen LogP contribution in [0.3, 0.4) is 0 Å². The number of hydrogen-bond acceptors (Lipinski definition) is 2. The number of hydrogen-bond donors (Lipinski definition) is 1. The Morgan fingerprint density at radius 2 is 1.83 bits per heavy atom. The summed E-state index contributed by atoms with van der Waals surface area (Å²) in [5, 5.41) is 0. The second-order valence-electron chi connectivity index (χ2n) is 7.15. The van der Waals surface area contributed by atoms with Crippen LogP contribution in [0, 0.1) is 17.8 Å². The molecule has 1 saturated heterocycles. The molecule has 0 spiro atoms. The first-order valence-electron chi connectivity index (χ1n) is 8.02. The van der Waals surface area contributed by atoms with Crippen molar-refractivity contribution >= 4 is 0 Å². The van der Waals surface area contributed by atoms with E-state index >= 15 is 0 Å². The molecule has 1 aliphatic carbocycles. The zero-order valence-electron chi connectivity index (χ0n) is 12.6. The summed E-state index contributed by atoms with van der Waals surface area (Å²) in [6.45, 7) is 10.6. The van der Waals surface area contributed by atoms with Gasteiger partial charge >= 0.3 is 0 Å². The third-order valence-corrected chi connectivity index (χ3v) is 5.83. The van der Waals surface area contributed by atoms with Gasteiger partial charge in [0.05, 0.1) is 0 Å². The van der Waals surface area contributed by atoms with E-state index in [0.717, 1.165) is 24.3 Å². The Hall–Kier alpha value is -0.0800. The highest BCUT2D eigenvalue weighted by Gasteiger charge is 2.39. The second-order valence-corrected chi connectivity index (χ2v) is 7.15. The molecular formula is C16H32N2. The van der Waals surface area contributed by atoms with Crippen molar-refractivity contribution in [1.29, 1.82) is 0 Å². The van der Waals surface area contributed by atoms with Crippen molar-refractivity contribution in [2.24, 2.45) is 23.5 Å². The van der Waals surface area contributed by atoms with Gasteiger partial charge < -0.3 is 5.73 Å². The van der Waals surface area contributed by atoms with E-state index in [4.69, 9.17) is 5.73 Å². The lowest BCUT2D eigenvalue weighted by Crippen LogP contribution is -2.57. The normalized spacial score (nSPS) is 43.7. The maximum atomic E-state index is 6.22. The molecule has 106 valence electrons. The van der Waals surface area contributed by atoms with Crippen LogP contribution in [-0.2, 0) is 0 Å². The number of rotatable bonds is 2. The molecule has 0 aromatic heterocycles. The average molecular weight is 252 g/mol. The Balaban J connectivity index is 2.06. The van der Waals surface area contributed by atoms with Crippen molar-refractivity contribution in [2.45, 2.75) is 64.8 Å². The van der Waals surface area contributed by atoms with Crippen molar-refractivity contribution in [3.8, 4) is 0 Å². The molecule has 2 fully saturated rings. The van der Waals surface area contributed by atoms with Crippen LogP contribution in [0.5, 0.6) is 0 Å². The van der Waals surface area contributed by atoms with Gasteiger partial charge in [-0.1, -0.05) is 33.6 Å². The summed E-state index contributed by atoms with van der Waals surface area (Å²) in [6, 6.07) is 0. The summed E-state index contributed by atoms with van der Waals surface area (Å²) in [4.78, 5) is 2.76. The molecule has 1 saturated carbocycles. The molecule has 2 nitrogen and oxygen atoms in total. The fraction of sp³-hybridized carbons (Fsp3) is 1.00. The molecule has 4 unspecified atom stereocenters. The third kappa shape index (κ3) is 2.91. The maximum Gasteiger partial charge on any atom is 0.0331 e. The molecule has 0 bridgehead atoms. The van der Waals surface area contributed by atoms with Gasteiger partial charge in [0.15, 0.2) is 0 Å². The first-order chi connectivity index (χ1) is 8.57. The molecule has 1 heterocycles. The van der Waals surface area contributed by atoms with Crippen LogP contribution < -0.4 is 5.73 Å². The lowest BCUT2D eigenvalue weighted by molar-refractivity contribution is 0.0201. The van der Waals surface area contributed by atoms with Crippen LogP contribution in [0.15, 0.2) is 0 Å². The first-order valence-corrected chi connectivity index (χ1v) is 8.02. The van der Waals surface area contributed by atoms with Gasteiger partial charge in [0.2, 0.25) is 0 Å². The van der Waals surface area contributed by atoms with Crippen LogP contribution in [-0.4, -0.2) is 30.1 Å². The Bertz CT molecular complexity index is 266. The van der Waals surface area contributed by atoms with E-state index in [1.807, 2.05) is 0 Å². The predicted octanol–water partition coefficient (Wildman–Crippen LogP) is 3.26. The minimum absolute atomic E-state index is 0.332. The van der Waals surface area contributed by atoms with Crippen LogP contribution in [0.4, 0.5) is 0 Å². The van der Waals surface area contributed by atoms with Gasteiger partial charge in [0.25, 0.3) is 0 Å². The Labute approximate surface area is 113 Å². The van der Waals surface area contributed by atoms with Gasteiger partial charge in [-0.2, -0.15) is 0 Å². The third-order valence-electron chi connectivity index (χ3n) is 5.83. The van der Waals surface area contributed by atoms with Crippen LogP contribution in [0.1, 0.15) is 59.3 Å². The molecule has 0 radical (unpaired) electrons. The topological polar surface area (TPSA) is 29.3 Å². The van der Waals surface area contributed by atoms with Crippen molar-refractivity contribution in [1.82, 2.24) is 4.90 Å². The number of likely N-dealkylation sites (tertiary alicyclic amines) is 1. The molecule has 4 atom stereocenters. The summed E-state index contributed by atoms with van der Waals surface area (Å²) >= 11 is 0. The zero-order chi connectivity index (χ0) is 13.2. The van der Waals surface area contributed by atoms with E-state index in [1.165, 1.54) is 51.6 Å². The molecule has 2 N–H and O–H groups in total. The van der Waals surface area contributed by atoms with Gasteiger partial charge in [-0.05, 0) is 50.0 Å². The Morgan fingerprint density at radius 1 is 1.06 bits per heavy atom. The molecule has 1 aliphatic heterocycles. The predicted molar refractivity (Wildman–Crippen MR) is 78.6 cm³/mol. The fourth-order valence-electron chi connectivity index (χ4n) is 3.91. The van der Waals surface area contributed by atoms with E-state index in [9.17, 15) is 0 Å². The van der Waals surface area contributed by atoms with Crippen molar-refractivity contribution in [3.05, 3.63) is 0 Å². The molecule has 18 heavy (non-hydrogen) atoms. The van der Waals surface area contributed by atoms with E-state index in [1.54, 1.807) is 0 Å². The van der Waals surface area contributed by atoms with Crippen molar-refractivity contribution in [3.63, 3.8) is 0 Å². The average Bonchev–Trinajstić information content (AvgIpc) is 2.56. The highest BCUT2D eigenvalue weighted by molar-refractivity contribution is 4.96. The van der Waals surface area contributed by atoms with E-state index in [2.05, 4.69) is 25.7 Å². The Morgan fingerprint density at radius 3 is 2.50 bits per heavy atom. The lowest BCUT2D eigenvalue weighted by atomic mass is 9.81. The number of piperidine rings is 1. The first kappa shape index (κ1) is 14.3. The summed E-state index contributed by atoms with van der Waals surface area (Å²) in [6.07, 6.45) is 8.16. The summed E-state index contributed by atoms with van der Waals surface area (Å²) in [5.41, 5.74) is 6.55. The fourth-order valence-corrected chi connectivity index (χ4v) is 3.91. The van der Waals surface area contributed by atoms with Crippen LogP contribution in [0.2, 0.25) is 0 Å². The van der Waals surface area contributed by atoms with E-state index in [0.29, 0.717) is 5.54 Å². The molecule has 0 aromatic carbocycles. The van der Waals surface area contributed by atoms with E-state index in [-0.39, 0.29) is 0 Å². The molecule has 0 aromatic rings. The van der Waals surface area contributed by atoms with Gasteiger partial charge in [0, 0.05) is 18.6 Å². The minimum atomic E-state index is 0.332. The summed E-state index contributed by atoms with van der Waals surface area (Å²) in [5.74, 6) is 2.63. The Kier molecular flexibility index (Phi) is 4.71. The summed E-state index contributed by atoms with van der Waals surface area (Å²) < 4.78 is 0. The second kappa shape index (κ2) is 5.92. The van der Waals surface area contributed by atoms with Gasteiger partial charge in [-0.3, -0.25) is 4.90 Å². The molecule has 0 amide bonds. The van der Waals surface area contributed by atoms with E-state index < -0.39 is 0 Å². The van der Waals surface area contributed by atoms with Crippen LogP contribution >= 0.6 is 0 Å². The highest BCUT2D eigenvalue weighted by Crippen LogP contribution is 2.37. The largest absolute Gasteiger partial charge is 0.329 e. The van der Waals surface area contributed by atoms with Crippen molar-refractivity contribution < 1.29 is 0 Å². The highest BCUT2D eigenvalue weighted by atomic mass is 15.2. The standard InChI is InChI=1S/C16H32N2/c1-13-5-4-8-16(12-17,9-6-13)18-10-7-14(2)15(3)11-18/h13-15H,4-12,17H2,1-3H3. The molecular weight excluding hydrogens is 220 g/mol. The van der Waals surface area contributed by atoms with Crippen LogP contribution in [0.25, 0.3) is 0 Å². The summed E-state index contributed by atoms with van der Waals surface area (Å²) in [7, 11) is 0. The van der Waals surface area contributed by atoms with Crippen molar-refractivity contribution in [2.75, 3.05) is 19.6 Å². The number of nitrogens with two attached hydrogens (primary N) is 1.